The Kier molecular flexibility index (Phi) is 12.9. The van der Waals surface area contributed by atoms with E-state index in [0.717, 1.165) is 12.8 Å². The molecule has 0 rings (SSSR count). The second kappa shape index (κ2) is 13.4. The molecule has 0 atom stereocenters. The molecule has 0 unspecified atom stereocenters. The number of hydrogen-bond acceptors (Lipinski definition) is 3. The molecule has 15 heavy (non-hydrogen) atoms. The third-order valence-electron chi connectivity index (χ3n) is 2.42. The Bertz CT molecular complexity index is 126. The van der Waals surface area contributed by atoms with Crippen LogP contribution >= 0.6 is 0 Å². The van der Waals surface area contributed by atoms with Gasteiger partial charge in [-0.25, -0.2) is 4.79 Å². The molecule has 0 bridgehead atoms. The molecular weight excluding hydrogens is 192 g/mol. The standard InChI is InChI=1S/C12H23O3/c1-2-3-4-5-6-7-8-9-10-11-14-15-12-13/h2-11H2,1H3. The van der Waals surface area contributed by atoms with Gasteiger partial charge in [0.15, 0.2) is 0 Å². The van der Waals surface area contributed by atoms with E-state index >= 15 is 0 Å². The Morgan fingerprint density at radius 1 is 0.867 bits per heavy atom. The molecule has 0 aliphatic heterocycles. The van der Waals surface area contributed by atoms with Crippen molar-refractivity contribution in [2.75, 3.05) is 6.61 Å². The molecule has 0 saturated carbocycles. The van der Waals surface area contributed by atoms with Gasteiger partial charge in [0.1, 0.15) is 0 Å². The zero-order chi connectivity index (χ0) is 11.2. The lowest BCUT2D eigenvalue weighted by Crippen LogP contribution is -1.94. The van der Waals surface area contributed by atoms with Crippen LogP contribution in [-0.2, 0) is 14.6 Å². The van der Waals surface area contributed by atoms with Crippen molar-refractivity contribution in [1.29, 1.82) is 0 Å². The van der Waals surface area contributed by atoms with Gasteiger partial charge in [-0.3, -0.25) is 4.89 Å². The van der Waals surface area contributed by atoms with Crippen LogP contribution in [0, 0.1) is 0 Å². The summed E-state index contributed by atoms with van der Waals surface area (Å²) in [6.45, 7) is 3.95. The topological polar surface area (TPSA) is 35.5 Å². The predicted molar refractivity (Wildman–Crippen MR) is 60.0 cm³/mol. The van der Waals surface area contributed by atoms with Gasteiger partial charge >= 0.3 is 6.47 Å². The van der Waals surface area contributed by atoms with Crippen molar-refractivity contribution in [3.05, 3.63) is 0 Å². The maximum absolute atomic E-state index is 9.59. The van der Waals surface area contributed by atoms with E-state index in [-0.39, 0.29) is 0 Å². The van der Waals surface area contributed by atoms with E-state index in [1.807, 2.05) is 0 Å². The first-order valence-corrected chi connectivity index (χ1v) is 6.07. The summed E-state index contributed by atoms with van der Waals surface area (Å²) >= 11 is 0. The zero-order valence-electron chi connectivity index (χ0n) is 9.80. The number of hydrogen-bond donors (Lipinski definition) is 0. The normalized spacial score (nSPS) is 10.2. The molecule has 0 N–H and O–H groups in total. The molecule has 0 amide bonds. The first kappa shape index (κ1) is 14.4. The van der Waals surface area contributed by atoms with E-state index in [1.165, 1.54) is 51.4 Å². The SMILES string of the molecule is CCCCCCCCCCCOO[C]=O. The van der Waals surface area contributed by atoms with Gasteiger partial charge in [-0.1, -0.05) is 58.3 Å². The summed E-state index contributed by atoms with van der Waals surface area (Å²) in [7, 11) is 0. The molecule has 3 nitrogen and oxygen atoms in total. The average molecular weight is 215 g/mol. The van der Waals surface area contributed by atoms with Crippen LogP contribution in [0.25, 0.3) is 0 Å². The Balaban J connectivity index is 2.83. The fourth-order valence-electron chi connectivity index (χ4n) is 1.54. The summed E-state index contributed by atoms with van der Waals surface area (Å²) in [6, 6.07) is 0. The van der Waals surface area contributed by atoms with Crippen molar-refractivity contribution >= 4 is 6.47 Å². The molecular formula is C12H23O3. The molecule has 1 radical (unpaired) electrons. The summed E-state index contributed by atoms with van der Waals surface area (Å²) in [5.41, 5.74) is 0. The Labute approximate surface area is 93.1 Å². The lowest BCUT2D eigenvalue weighted by atomic mass is 10.1. The summed E-state index contributed by atoms with van der Waals surface area (Å²) in [5.74, 6) is 0. The van der Waals surface area contributed by atoms with E-state index in [0.29, 0.717) is 6.61 Å². The second-order valence-electron chi connectivity index (χ2n) is 3.82. The first-order chi connectivity index (χ1) is 7.41. The molecule has 0 aromatic heterocycles. The van der Waals surface area contributed by atoms with Crippen molar-refractivity contribution in [1.82, 2.24) is 0 Å². The van der Waals surface area contributed by atoms with Gasteiger partial charge in [0.25, 0.3) is 0 Å². The predicted octanol–water partition coefficient (Wildman–Crippen LogP) is 3.53. The monoisotopic (exact) mass is 215 g/mol. The van der Waals surface area contributed by atoms with E-state index in [2.05, 4.69) is 16.7 Å². The quantitative estimate of drug-likeness (QED) is 0.284. The van der Waals surface area contributed by atoms with Crippen LogP contribution in [0.4, 0.5) is 0 Å². The molecule has 0 aliphatic carbocycles. The fourth-order valence-corrected chi connectivity index (χ4v) is 1.54. The highest BCUT2D eigenvalue weighted by molar-refractivity contribution is 5.36. The van der Waals surface area contributed by atoms with Gasteiger partial charge in [-0.15, -0.1) is 0 Å². The van der Waals surface area contributed by atoms with E-state index < -0.39 is 0 Å². The van der Waals surface area contributed by atoms with Gasteiger partial charge in [0, 0.05) is 0 Å². The molecule has 0 saturated heterocycles. The van der Waals surface area contributed by atoms with Gasteiger partial charge in [-0.2, -0.15) is 4.89 Å². The molecule has 0 heterocycles. The van der Waals surface area contributed by atoms with Gasteiger partial charge in [-0.05, 0) is 6.42 Å². The Morgan fingerprint density at radius 3 is 1.93 bits per heavy atom. The summed E-state index contributed by atoms with van der Waals surface area (Å²) in [6.07, 6.45) is 11.4. The fraction of sp³-hybridized carbons (Fsp3) is 0.917. The Morgan fingerprint density at radius 2 is 1.40 bits per heavy atom. The summed E-state index contributed by atoms with van der Waals surface area (Å²) in [5, 5.41) is 0. The number of unbranched alkanes of at least 4 members (excludes halogenated alkanes) is 8. The number of rotatable bonds is 12. The minimum Gasteiger partial charge on any atom is -0.285 e. The second-order valence-corrected chi connectivity index (χ2v) is 3.82. The zero-order valence-corrected chi connectivity index (χ0v) is 9.80. The lowest BCUT2D eigenvalue weighted by molar-refractivity contribution is -0.222. The van der Waals surface area contributed by atoms with Crippen molar-refractivity contribution in [3.8, 4) is 0 Å². The molecule has 0 spiro atoms. The van der Waals surface area contributed by atoms with Gasteiger partial charge in [0.05, 0.1) is 6.61 Å². The number of carbonyl (C=O) groups excluding carboxylic acids is 1. The van der Waals surface area contributed by atoms with Crippen LogP contribution in [0.1, 0.15) is 64.7 Å². The molecule has 89 valence electrons. The third kappa shape index (κ3) is 13.4. The molecule has 3 heteroatoms. The van der Waals surface area contributed by atoms with Crippen molar-refractivity contribution in [2.45, 2.75) is 64.7 Å². The van der Waals surface area contributed by atoms with E-state index in [9.17, 15) is 4.79 Å². The third-order valence-corrected chi connectivity index (χ3v) is 2.42. The van der Waals surface area contributed by atoms with Gasteiger partial charge < -0.3 is 0 Å². The molecule has 0 aromatic carbocycles. The highest BCUT2D eigenvalue weighted by atomic mass is 17.2. The largest absolute Gasteiger partial charge is 0.453 e. The molecule has 0 fully saturated rings. The van der Waals surface area contributed by atoms with Crippen LogP contribution in [0.15, 0.2) is 0 Å². The lowest BCUT2D eigenvalue weighted by Gasteiger charge is -2.01. The van der Waals surface area contributed by atoms with Gasteiger partial charge in [0.2, 0.25) is 0 Å². The van der Waals surface area contributed by atoms with Crippen molar-refractivity contribution < 1.29 is 14.6 Å². The van der Waals surface area contributed by atoms with E-state index in [4.69, 9.17) is 0 Å². The minimum atomic E-state index is 0.491. The van der Waals surface area contributed by atoms with Crippen LogP contribution in [-0.4, -0.2) is 13.1 Å². The van der Waals surface area contributed by atoms with Crippen LogP contribution in [0.5, 0.6) is 0 Å². The Hall–Kier alpha value is -0.570. The first-order valence-electron chi connectivity index (χ1n) is 6.07. The van der Waals surface area contributed by atoms with Crippen LogP contribution in [0.3, 0.4) is 0 Å². The maximum Gasteiger partial charge on any atom is 0.453 e. The van der Waals surface area contributed by atoms with Crippen molar-refractivity contribution in [3.63, 3.8) is 0 Å². The average Bonchev–Trinajstić information content (AvgIpc) is 2.26. The summed E-state index contributed by atoms with van der Waals surface area (Å²) < 4.78 is 0. The van der Waals surface area contributed by atoms with E-state index in [1.54, 1.807) is 0 Å². The highest BCUT2D eigenvalue weighted by Gasteiger charge is 1.92. The summed E-state index contributed by atoms with van der Waals surface area (Å²) in [4.78, 5) is 18.1. The molecule has 0 aliphatic rings. The maximum atomic E-state index is 9.59. The molecule has 0 aromatic rings. The minimum absolute atomic E-state index is 0.491. The van der Waals surface area contributed by atoms with Crippen molar-refractivity contribution in [2.24, 2.45) is 0 Å². The van der Waals surface area contributed by atoms with Crippen LogP contribution in [0.2, 0.25) is 0 Å². The highest BCUT2D eigenvalue weighted by Crippen LogP contribution is 2.09. The smallest absolute Gasteiger partial charge is 0.285 e. The van der Waals surface area contributed by atoms with Crippen LogP contribution < -0.4 is 0 Å².